The van der Waals surface area contributed by atoms with Gasteiger partial charge < -0.3 is 9.73 Å². The van der Waals surface area contributed by atoms with E-state index in [2.05, 4.69) is 12.2 Å². The van der Waals surface area contributed by atoms with Crippen LogP contribution in [0.4, 0.5) is 0 Å². The first-order chi connectivity index (χ1) is 9.33. The third-order valence-corrected chi connectivity index (χ3v) is 6.70. The highest BCUT2D eigenvalue weighted by atomic mass is 32.2. The minimum atomic E-state index is -3.47. The van der Waals surface area contributed by atoms with Gasteiger partial charge in [0.2, 0.25) is 5.09 Å². The molecule has 1 unspecified atom stereocenters. The van der Waals surface area contributed by atoms with E-state index >= 15 is 0 Å². The summed E-state index contributed by atoms with van der Waals surface area (Å²) in [7, 11) is -0.486. The normalized spacial score (nSPS) is 23.6. The zero-order valence-corrected chi connectivity index (χ0v) is 13.8. The molecule has 1 saturated heterocycles. The first-order valence-corrected chi connectivity index (χ1v) is 9.12. The molecule has 1 aliphatic rings. The van der Waals surface area contributed by atoms with Crippen molar-refractivity contribution in [3.63, 3.8) is 0 Å². The van der Waals surface area contributed by atoms with Crippen molar-refractivity contribution in [2.75, 3.05) is 26.4 Å². The van der Waals surface area contributed by atoms with E-state index < -0.39 is 10.0 Å². The van der Waals surface area contributed by atoms with Crippen LogP contribution < -0.4 is 5.32 Å². The molecular weight excluding hydrogens is 296 g/mol. The molecule has 5 nitrogen and oxygen atoms in total. The summed E-state index contributed by atoms with van der Waals surface area (Å²) in [5.41, 5.74) is 0. The fourth-order valence-electron chi connectivity index (χ4n) is 2.20. The summed E-state index contributed by atoms with van der Waals surface area (Å²) in [5, 5.41) is 3.36. The number of nitrogens with one attached hydrogen (secondary N) is 1. The highest BCUT2D eigenvalue weighted by Gasteiger charge is 2.29. The number of hydrogen-bond donors (Lipinski definition) is 1. The van der Waals surface area contributed by atoms with E-state index in [0.29, 0.717) is 17.1 Å². The van der Waals surface area contributed by atoms with Crippen LogP contribution in [0.25, 0.3) is 0 Å². The summed E-state index contributed by atoms with van der Waals surface area (Å²) in [5.74, 6) is 1.88. The maximum Gasteiger partial charge on any atom is 0.275 e. The van der Waals surface area contributed by atoms with E-state index in [1.54, 1.807) is 6.07 Å². The molecule has 1 aliphatic heterocycles. The van der Waals surface area contributed by atoms with Gasteiger partial charge in [-0.3, -0.25) is 0 Å². The van der Waals surface area contributed by atoms with E-state index in [0.717, 1.165) is 10.8 Å². The van der Waals surface area contributed by atoms with Crippen molar-refractivity contribution in [1.29, 1.82) is 0 Å². The largest absolute Gasteiger partial charge is 0.447 e. The predicted molar refractivity (Wildman–Crippen MR) is 81.4 cm³/mol. The van der Waals surface area contributed by atoms with E-state index in [-0.39, 0.29) is 5.09 Å². The molecule has 0 radical (unpaired) electrons. The number of furan rings is 1. The third-order valence-electron chi connectivity index (χ3n) is 3.47. The lowest BCUT2D eigenvalue weighted by Crippen LogP contribution is -2.32. The van der Waals surface area contributed by atoms with E-state index in [1.165, 1.54) is 38.8 Å². The summed E-state index contributed by atoms with van der Waals surface area (Å²) >= 11 is 2.00. The van der Waals surface area contributed by atoms with Crippen LogP contribution in [-0.2, 0) is 16.6 Å². The Hall–Kier alpha value is -0.500. The smallest absolute Gasteiger partial charge is 0.275 e. The van der Waals surface area contributed by atoms with Gasteiger partial charge in [0.05, 0.1) is 6.54 Å². The number of hydrogen-bond acceptors (Lipinski definition) is 5. The van der Waals surface area contributed by atoms with Gasteiger partial charge in [-0.05, 0) is 37.7 Å². The number of rotatable bonds is 6. The molecule has 1 aromatic rings. The molecule has 2 rings (SSSR count). The minimum Gasteiger partial charge on any atom is -0.447 e. The van der Waals surface area contributed by atoms with Crippen LogP contribution in [0.1, 0.15) is 25.5 Å². The maximum atomic E-state index is 11.9. The average molecular weight is 318 g/mol. The number of nitrogens with zero attached hydrogens (tertiary/aromatic N) is 1. The Morgan fingerprint density at radius 3 is 2.80 bits per heavy atom. The van der Waals surface area contributed by atoms with Crippen LogP contribution in [0.3, 0.4) is 0 Å². The molecule has 0 amide bonds. The van der Waals surface area contributed by atoms with Crippen molar-refractivity contribution >= 4 is 21.8 Å². The quantitative estimate of drug-likeness (QED) is 0.868. The molecule has 0 spiro atoms. The Balaban J connectivity index is 1.90. The summed E-state index contributed by atoms with van der Waals surface area (Å²) in [4.78, 5) is 0. The standard InChI is InChI=1S/C13H22N2O3S2/c1-13(7-4-8-19-13)10-14-9-11-5-6-12(18-11)20(16,17)15(2)3/h5-6,14H,4,7-10H2,1-3H3. The summed E-state index contributed by atoms with van der Waals surface area (Å²) in [6, 6.07) is 3.23. The van der Waals surface area contributed by atoms with Gasteiger partial charge in [0, 0.05) is 25.4 Å². The van der Waals surface area contributed by atoms with Crippen molar-refractivity contribution in [2.24, 2.45) is 0 Å². The van der Waals surface area contributed by atoms with E-state index in [9.17, 15) is 8.42 Å². The molecule has 20 heavy (non-hydrogen) atoms. The Morgan fingerprint density at radius 1 is 1.45 bits per heavy atom. The zero-order chi connectivity index (χ0) is 14.8. The molecule has 1 N–H and O–H groups in total. The first kappa shape index (κ1) is 15.9. The molecule has 0 aliphatic carbocycles. The second kappa shape index (κ2) is 6.09. The SMILES string of the molecule is CN(C)S(=O)(=O)c1ccc(CNCC2(C)CCCS2)o1. The summed E-state index contributed by atoms with van der Waals surface area (Å²) < 4.78 is 30.6. The Bertz CT molecular complexity index is 546. The predicted octanol–water partition coefficient (Wildman–Crippen LogP) is 1.91. The second-order valence-corrected chi connectivity index (χ2v) is 9.28. The molecule has 0 aromatic carbocycles. The van der Waals surface area contributed by atoms with Gasteiger partial charge in [-0.25, -0.2) is 12.7 Å². The van der Waals surface area contributed by atoms with Crippen LogP contribution in [0.2, 0.25) is 0 Å². The van der Waals surface area contributed by atoms with Crippen LogP contribution in [0.15, 0.2) is 21.6 Å². The third kappa shape index (κ3) is 3.58. The van der Waals surface area contributed by atoms with Gasteiger partial charge in [-0.2, -0.15) is 11.8 Å². The van der Waals surface area contributed by atoms with Crippen molar-refractivity contribution < 1.29 is 12.8 Å². The Labute approximate surface area is 125 Å². The lowest BCUT2D eigenvalue weighted by Gasteiger charge is -2.22. The van der Waals surface area contributed by atoms with Crippen LogP contribution in [0, 0.1) is 0 Å². The minimum absolute atomic E-state index is 0.000697. The van der Waals surface area contributed by atoms with E-state index in [1.807, 2.05) is 11.8 Å². The van der Waals surface area contributed by atoms with Crippen molar-refractivity contribution in [3.05, 3.63) is 17.9 Å². The van der Waals surface area contributed by atoms with Gasteiger partial charge in [-0.15, -0.1) is 0 Å². The molecule has 114 valence electrons. The Kier molecular flexibility index (Phi) is 4.84. The van der Waals surface area contributed by atoms with Gasteiger partial charge in [-0.1, -0.05) is 0 Å². The molecule has 1 atom stereocenters. The topological polar surface area (TPSA) is 62.6 Å². The highest BCUT2D eigenvalue weighted by molar-refractivity contribution is 8.00. The first-order valence-electron chi connectivity index (χ1n) is 6.69. The lowest BCUT2D eigenvalue weighted by atomic mass is 10.1. The van der Waals surface area contributed by atoms with Crippen LogP contribution in [0.5, 0.6) is 0 Å². The number of thioether (sulfide) groups is 1. The second-order valence-electron chi connectivity index (χ2n) is 5.51. The fourth-order valence-corrected chi connectivity index (χ4v) is 4.28. The molecule has 0 saturated carbocycles. The molecule has 2 heterocycles. The molecule has 7 heteroatoms. The molecule has 0 bridgehead atoms. The molecule has 1 fully saturated rings. The van der Waals surface area contributed by atoms with E-state index in [4.69, 9.17) is 4.42 Å². The van der Waals surface area contributed by atoms with Crippen molar-refractivity contribution in [1.82, 2.24) is 9.62 Å². The van der Waals surface area contributed by atoms with Crippen LogP contribution >= 0.6 is 11.8 Å². The highest BCUT2D eigenvalue weighted by Crippen LogP contribution is 2.37. The average Bonchev–Trinajstić information content (AvgIpc) is 2.99. The van der Waals surface area contributed by atoms with Crippen molar-refractivity contribution in [2.45, 2.75) is 36.1 Å². The monoisotopic (exact) mass is 318 g/mol. The Morgan fingerprint density at radius 2 is 2.20 bits per heavy atom. The summed E-state index contributed by atoms with van der Waals surface area (Å²) in [6.07, 6.45) is 2.50. The lowest BCUT2D eigenvalue weighted by molar-refractivity contribution is 0.385. The van der Waals surface area contributed by atoms with Crippen molar-refractivity contribution in [3.8, 4) is 0 Å². The maximum absolute atomic E-state index is 11.9. The summed E-state index contributed by atoms with van der Waals surface area (Å²) in [6.45, 7) is 3.73. The number of sulfonamides is 1. The van der Waals surface area contributed by atoms with Crippen LogP contribution in [-0.4, -0.2) is 43.9 Å². The van der Waals surface area contributed by atoms with Gasteiger partial charge >= 0.3 is 0 Å². The molecule has 1 aromatic heterocycles. The zero-order valence-electron chi connectivity index (χ0n) is 12.2. The fraction of sp³-hybridized carbons (Fsp3) is 0.692. The van der Waals surface area contributed by atoms with Gasteiger partial charge in [0.1, 0.15) is 5.76 Å². The van der Waals surface area contributed by atoms with Gasteiger partial charge in [0.15, 0.2) is 0 Å². The molecular formula is C13H22N2O3S2. The van der Waals surface area contributed by atoms with Gasteiger partial charge in [0.25, 0.3) is 10.0 Å².